The number of aliphatic hydroxyl groups excluding tert-OH is 1. The third kappa shape index (κ3) is 2.80. The molecule has 1 aliphatic rings. The van der Waals surface area contributed by atoms with Gasteiger partial charge in [-0.25, -0.2) is 4.39 Å². The molecule has 0 heterocycles. The lowest BCUT2D eigenvalue weighted by Crippen LogP contribution is -2.14. The predicted octanol–water partition coefficient (Wildman–Crippen LogP) is 4.64. The van der Waals surface area contributed by atoms with Crippen molar-refractivity contribution in [1.29, 1.82) is 0 Å². The van der Waals surface area contributed by atoms with E-state index in [0.717, 1.165) is 18.4 Å². The average Bonchev–Trinajstić information content (AvgIpc) is 2.64. The minimum absolute atomic E-state index is 0.162. The Bertz CT molecular complexity index is 665. The standard InChI is InChI=1S/C20H23FO/c1-13(12-22)9-20-14(2)19-11-17(21)8-7-16(19)10-15-5-3-4-6-18(15)20/h3-8,11,13-14,20,22H,9-10,12H2,1-2H3/t13-,14+,20+/m1/s1. The molecule has 0 spiro atoms. The van der Waals surface area contributed by atoms with E-state index in [2.05, 4.69) is 38.1 Å². The van der Waals surface area contributed by atoms with E-state index in [1.54, 1.807) is 12.1 Å². The molecule has 3 rings (SSSR count). The highest BCUT2D eigenvalue weighted by atomic mass is 19.1. The zero-order valence-electron chi connectivity index (χ0n) is 13.2. The van der Waals surface area contributed by atoms with Gasteiger partial charge >= 0.3 is 0 Å². The van der Waals surface area contributed by atoms with Gasteiger partial charge in [0.05, 0.1) is 0 Å². The maximum Gasteiger partial charge on any atom is 0.123 e. The van der Waals surface area contributed by atoms with E-state index in [4.69, 9.17) is 0 Å². The van der Waals surface area contributed by atoms with Crippen LogP contribution in [0.1, 0.15) is 54.4 Å². The number of benzene rings is 2. The number of rotatable bonds is 3. The Morgan fingerprint density at radius 3 is 2.64 bits per heavy atom. The van der Waals surface area contributed by atoms with Gasteiger partial charge in [0.15, 0.2) is 0 Å². The van der Waals surface area contributed by atoms with Crippen molar-refractivity contribution in [3.8, 4) is 0 Å². The van der Waals surface area contributed by atoms with Crippen LogP contribution in [0.25, 0.3) is 0 Å². The van der Waals surface area contributed by atoms with Crippen molar-refractivity contribution in [3.05, 3.63) is 70.5 Å². The van der Waals surface area contributed by atoms with Crippen LogP contribution < -0.4 is 0 Å². The molecule has 0 amide bonds. The molecule has 0 fully saturated rings. The van der Waals surface area contributed by atoms with Gasteiger partial charge < -0.3 is 5.11 Å². The maximum atomic E-state index is 13.7. The molecular weight excluding hydrogens is 275 g/mol. The number of halogens is 1. The third-order valence-corrected chi connectivity index (χ3v) is 5.01. The topological polar surface area (TPSA) is 20.2 Å². The van der Waals surface area contributed by atoms with E-state index in [-0.39, 0.29) is 24.3 Å². The van der Waals surface area contributed by atoms with Crippen molar-refractivity contribution in [3.63, 3.8) is 0 Å². The molecule has 2 aromatic rings. The second-order valence-corrected chi connectivity index (χ2v) is 6.64. The molecule has 1 N–H and O–H groups in total. The highest BCUT2D eigenvalue weighted by molar-refractivity contribution is 5.45. The van der Waals surface area contributed by atoms with Crippen LogP contribution in [0.3, 0.4) is 0 Å². The van der Waals surface area contributed by atoms with Gasteiger partial charge in [0, 0.05) is 6.61 Å². The Morgan fingerprint density at radius 1 is 1.14 bits per heavy atom. The van der Waals surface area contributed by atoms with E-state index in [0.29, 0.717) is 5.92 Å². The Hall–Kier alpha value is -1.67. The average molecular weight is 298 g/mol. The minimum Gasteiger partial charge on any atom is -0.396 e. The first-order chi connectivity index (χ1) is 10.6. The van der Waals surface area contributed by atoms with E-state index in [9.17, 15) is 9.50 Å². The minimum atomic E-state index is -0.162. The Kier molecular flexibility index (Phi) is 4.30. The quantitative estimate of drug-likeness (QED) is 0.875. The number of aliphatic hydroxyl groups is 1. The molecule has 22 heavy (non-hydrogen) atoms. The summed E-state index contributed by atoms with van der Waals surface area (Å²) in [4.78, 5) is 0. The summed E-state index contributed by atoms with van der Waals surface area (Å²) >= 11 is 0. The fourth-order valence-corrected chi connectivity index (χ4v) is 3.74. The van der Waals surface area contributed by atoms with Gasteiger partial charge in [-0.3, -0.25) is 0 Å². The highest BCUT2D eigenvalue weighted by Crippen LogP contribution is 2.43. The van der Waals surface area contributed by atoms with E-state index in [1.807, 2.05) is 6.07 Å². The van der Waals surface area contributed by atoms with Crippen LogP contribution in [0.2, 0.25) is 0 Å². The lowest BCUT2D eigenvalue weighted by molar-refractivity contribution is 0.219. The molecule has 1 nitrogen and oxygen atoms in total. The molecule has 0 aromatic heterocycles. The first-order valence-electron chi connectivity index (χ1n) is 8.07. The third-order valence-electron chi connectivity index (χ3n) is 5.01. The number of fused-ring (bicyclic) bond motifs is 2. The maximum absolute atomic E-state index is 13.7. The summed E-state index contributed by atoms with van der Waals surface area (Å²) in [6.45, 7) is 4.46. The molecule has 2 aromatic carbocycles. The SMILES string of the molecule is C[C@@H](CO)C[C@@H]1c2ccccc2Cc2ccc(F)cc2[C@@H]1C. The lowest BCUT2D eigenvalue weighted by Gasteiger charge is -2.27. The van der Waals surface area contributed by atoms with Gasteiger partial charge in [0.1, 0.15) is 5.82 Å². The molecule has 0 radical (unpaired) electrons. The lowest BCUT2D eigenvalue weighted by atomic mass is 9.78. The van der Waals surface area contributed by atoms with Crippen molar-refractivity contribution in [2.75, 3.05) is 6.61 Å². The molecule has 116 valence electrons. The summed E-state index contributed by atoms with van der Waals surface area (Å²) in [5.74, 6) is 0.658. The zero-order valence-corrected chi connectivity index (χ0v) is 13.2. The second-order valence-electron chi connectivity index (χ2n) is 6.64. The predicted molar refractivity (Wildman–Crippen MR) is 87.7 cm³/mol. The van der Waals surface area contributed by atoms with Gasteiger partial charge in [-0.1, -0.05) is 44.2 Å². The van der Waals surface area contributed by atoms with Crippen LogP contribution in [0.5, 0.6) is 0 Å². The summed E-state index contributed by atoms with van der Waals surface area (Å²) < 4.78 is 13.7. The Labute approximate surface area is 131 Å². The summed E-state index contributed by atoms with van der Waals surface area (Å²) in [6, 6.07) is 13.7. The van der Waals surface area contributed by atoms with Crippen LogP contribution in [0.4, 0.5) is 4.39 Å². The summed E-state index contributed by atoms with van der Waals surface area (Å²) in [5, 5.41) is 9.45. The van der Waals surface area contributed by atoms with Gasteiger partial charge in [0.25, 0.3) is 0 Å². The Morgan fingerprint density at radius 2 is 1.86 bits per heavy atom. The van der Waals surface area contributed by atoms with E-state index >= 15 is 0 Å². The smallest absolute Gasteiger partial charge is 0.123 e. The molecule has 0 saturated heterocycles. The molecular formula is C20H23FO. The van der Waals surface area contributed by atoms with Crippen LogP contribution in [0.15, 0.2) is 42.5 Å². The van der Waals surface area contributed by atoms with Crippen LogP contribution in [-0.2, 0) is 6.42 Å². The Balaban J connectivity index is 2.11. The van der Waals surface area contributed by atoms with Crippen molar-refractivity contribution in [2.45, 2.75) is 38.5 Å². The van der Waals surface area contributed by atoms with Gasteiger partial charge in [-0.2, -0.15) is 0 Å². The zero-order chi connectivity index (χ0) is 15.7. The molecule has 2 heteroatoms. The first-order valence-corrected chi connectivity index (χ1v) is 8.07. The monoisotopic (exact) mass is 298 g/mol. The normalized spacial score (nSPS) is 21.6. The van der Waals surface area contributed by atoms with Crippen molar-refractivity contribution < 1.29 is 9.50 Å². The molecule has 0 saturated carbocycles. The van der Waals surface area contributed by atoms with Gasteiger partial charge in [0.2, 0.25) is 0 Å². The van der Waals surface area contributed by atoms with Gasteiger partial charge in [-0.15, -0.1) is 0 Å². The van der Waals surface area contributed by atoms with Crippen molar-refractivity contribution >= 4 is 0 Å². The molecule has 0 unspecified atom stereocenters. The van der Waals surface area contributed by atoms with E-state index in [1.165, 1.54) is 16.7 Å². The van der Waals surface area contributed by atoms with Crippen LogP contribution >= 0.6 is 0 Å². The largest absolute Gasteiger partial charge is 0.396 e. The van der Waals surface area contributed by atoms with Crippen molar-refractivity contribution in [2.24, 2.45) is 5.92 Å². The fourth-order valence-electron chi connectivity index (χ4n) is 3.74. The molecule has 1 aliphatic carbocycles. The van der Waals surface area contributed by atoms with Gasteiger partial charge in [-0.05, 0) is 65.0 Å². The summed E-state index contributed by atoms with van der Waals surface area (Å²) in [5.41, 5.74) is 5.02. The second kappa shape index (κ2) is 6.21. The van der Waals surface area contributed by atoms with Crippen LogP contribution in [0, 0.1) is 11.7 Å². The highest BCUT2D eigenvalue weighted by Gasteiger charge is 2.29. The van der Waals surface area contributed by atoms with Crippen LogP contribution in [-0.4, -0.2) is 11.7 Å². The molecule has 3 atom stereocenters. The number of hydrogen-bond acceptors (Lipinski definition) is 1. The number of hydrogen-bond donors (Lipinski definition) is 1. The first kappa shape index (κ1) is 15.2. The molecule has 0 bridgehead atoms. The van der Waals surface area contributed by atoms with E-state index < -0.39 is 0 Å². The summed E-state index contributed by atoms with van der Waals surface area (Å²) in [6.07, 6.45) is 1.78. The van der Waals surface area contributed by atoms with Crippen molar-refractivity contribution in [1.82, 2.24) is 0 Å². The molecule has 0 aliphatic heterocycles. The fraction of sp³-hybridized carbons (Fsp3) is 0.400. The summed E-state index contributed by atoms with van der Waals surface area (Å²) in [7, 11) is 0.